The minimum atomic E-state index is -0.239. The molecule has 2 N–H and O–H groups in total. The number of para-hydroxylation sites is 1. The average Bonchev–Trinajstić information content (AvgIpc) is 3.20. The van der Waals surface area contributed by atoms with Gasteiger partial charge in [0.05, 0.1) is 22.3 Å². The summed E-state index contributed by atoms with van der Waals surface area (Å²) in [7, 11) is 0. The van der Waals surface area contributed by atoms with Crippen molar-refractivity contribution in [3.63, 3.8) is 0 Å². The third kappa shape index (κ3) is 3.58. The van der Waals surface area contributed by atoms with Gasteiger partial charge < -0.3 is 15.4 Å². The number of hydrogen-bond donors (Lipinski definition) is 2. The van der Waals surface area contributed by atoms with E-state index in [1.165, 1.54) is 24.5 Å². The molecular formula is C20H15N3O3S. The minimum absolute atomic E-state index is 0.198. The van der Waals surface area contributed by atoms with E-state index in [9.17, 15) is 9.59 Å². The first-order chi connectivity index (χ1) is 13.1. The van der Waals surface area contributed by atoms with Crippen LogP contribution in [0.15, 0.2) is 54.0 Å². The summed E-state index contributed by atoms with van der Waals surface area (Å²) in [6.07, 6.45) is 3.29. The Morgan fingerprint density at radius 3 is 2.85 bits per heavy atom. The van der Waals surface area contributed by atoms with Gasteiger partial charge in [-0.25, -0.2) is 4.98 Å². The summed E-state index contributed by atoms with van der Waals surface area (Å²) in [5.74, 6) is 1.43. The molecule has 2 aromatic heterocycles. The third-order valence-corrected chi connectivity index (χ3v) is 4.72. The van der Waals surface area contributed by atoms with E-state index in [-0.39, 0.29) is 11.8 Å². The summed E-state index contributed by atoms with van der Waals surface area (Å²) in [5, 5.41) is 7.33. The third-order valence-electron chi connectivity index (χ3n) is 3.88. The summed E-state index contributed by atoms with van der Waals surface area (Å²) < 4.78 is 5.92. The molecule has 0 unspecified atom stereocenters. The molecule has 3 heterocycles. The van der Waals surface area contributed by atoms with Crippen LogP contribution < -0.4 is 15.4 Å². The minimum Gasteiger partial charge on any atom is -0.456 e. The number of nitrogens with zero attached hydrogens (tertiary/aromatic N) is 1. The standard InChI is InChI=1S/C20H15N3O3S/c1-12(24)22-13-9-15-16(20(25)23-19(15)21-11-13)10-18-17(7-8-27-18)26-14-5-3-2-4-6-14/h2-11H,1H3,(H,22,24)(H,21,23,25). The second-order valence-corrected chi connectivity index (χ2v) is 6.83. The molecule has 0 aliphatic carbocycles. The van der Waals surface area contributed by atoms with Gasteiger partial charge in [-0.3, -0.25) is 9.59 Å². The maximum absolute atomic E-state index is 12.4. The van der Waals surface area contributed by atoms with Crippen molar-refractivity contribution in [3.05, 3.63) is 64.5 Å². The SMILES string of the molecule is CC(=O)Nc1cnc2c(c1)C(=Cc1sccc1Oc1ccccc1)C(=O)N2. The number of nitrogens with one attached hydrogen (secondary N) is 2. The second-order valence-electron chi connectivity index (χ2n) is 5.88. The van der Waals surface area contributed by atoms with E-state index in [0.29, 0.717) is 28.4 Å². The van der Waals surface area contributed by atoms with Crippen molar-refractivity contribution in [1.82, 2.24) is 4.98 Å². The molecule has 0 spiro atoms. The molecule has 3 aromatic rings. The van der Waals surface area contributed by atoms with Gasteiger partial charge in [-0.1, -0.05) is 18.2 Å². The number of hydrogen-bond acceptors (Lipinski definition) is 5. The number of amides is 2. The van der Waals surface area contributed by atoms with Gasteiger partial charge in [0.2, 0.25) is 5.91 Å². The molecule has 0 saturated carbocycles. The molecular weight excluding hydrogens is 362 g/mol. The molecule has 7 heteroatoms. The number of thiophene rings is 1. The van der Waals surface area contributed by atoms with Crippen molar-refractivity contribution in [2.75, 3.05) is 10.6 Å². The van der Waals surface area contributed by atoms with Gasteiger partial charge in [0.15, 0.2) is 0 Å². The molecule has 4 rings (SSSR count). The summed E-state index contributed by atoms with van der Waals surface area (Å²) >= 11 is 1.48. The maximum atomic E-state index is 12.4. The molecule has 2 amide bonds. The fraction of sp³-hybridized carbons (Fsp3) is 0.0500. The summed E-state index contributed by atoms with van der Waals surface area (Å²) in [6.45, 7) is 1.42. The Morgan fingerprint density at radius 1 is 1.26 bits per heavy atom. The Balaban J connectivity index is 1.69. The van der Waals surface area contributed by atoms with E-state index in [1.54, 1.807) is 12.1 Å². The molecule has 134 valence electrons. The van der Waals surface area contributed by atoms with E-state index in [0.717, 1.165) is 10.6 Å². The molecule has 0 saturated heterocycles. The lowest BCUT2D eigenvalue weighted by molar-refractivity contribution is -0.114. The van der Waals surface area contributed by atoms with E-state index < -0.39 is 0 Å². The topological polar surface area (TPSA) is 80.3 Å². The summed E-state index contributed by atoms with van der Waals surface area (Å²) in [6, 6.07) is 13.1. The van der Waals surface area contributed by atoms with Gasteiger partial charge in [0.1, 0.15) is 17.3 Å². The van der Waals surface area contributed by atoms with Crippen molar-refractivity contribution < 1.29 is 14.3 Å². The first kappa shape index (κ1) is 17.0. The molecule has 6 nitrogen and oxygen atoms in total. The lowest BCUT2D eigenvalue weighted by Crippen LogP contribution is -2.06. The normalized spacial score (nSPS) is 14.0. The predicted molar refractivity (Wildman–Crippen MR) is 106 cm³/mol. The second kappa shape index (κ2) is 7.05. The highest BCUT2D eigenvalue weighted by Gasteiger charge is 2.26. The van der Waals surface area contributed by atoms with E-state index in [2.05, 4.69) is 15.6 Å². The lowest BCUT2D eigenvalue weighted by atomic mass is 10.1. The van der Waals surface area contributed by atoms with Gasteiger partial charge in [-0.2, -0.15) is 0 Å². The zero-order chi connectivity index (χ0) is 18.8. The van der Waals surface area contributed by atoms with Gasteiger partial charge in [0, 0.05) is 12.5 Å². The van der Waals surface area contributed by atoms with Gasteiger partial charge in [-0.15, -0.1) is 11.3 Å². The first-order valence-corrected chi connectivity index (χ1v) is 9.09. The molecule has 0 bridgehead atoms. The summed E-state index contributed by atoms with van der Waals surface area (Å²) in [4.78, 5) is 28.7. The van der Waals surface area contributed by atoms with Crippen LogP contribution in [0.25, 0.3) is 11.6 Å². The number of pyridine rings is 1. The molecule has 0 atom stereocenters. The Bertz CT molecular complexity index is 1060. The highest BCUT2D eigenvalue weighted by atomic mass is 32.1. The van der Waals surface area contributed by atoms with Crippen LogP contribution in [0.5, 0.6) is 11.5 Å². The van der Waals surface area contributed by atoms with Crippen LogP contribution >= 0.6 is 11.3 Å². The summed E-state index contributed by atoms with van der Waals surface area (Å²) in [5.41, 5.74) is 1.66. The van der Waals surface area contributed by atoms with Gasteiger partial charge in [-0.05, 0) is 35.7 Å². The molecule has 0 radical (unpaired) electrons. The Labute approximate surface area is 159 Å². The number of carbonyl (C=O) groups excluding carboxylic acids is 2. The predicted octanol–water partition coefficient (Wildman–Crippen LogP) is 4.39. The number of carbonyl (C=O) groups is 2. The van der Waals surface area contributed by atoms with Crippen molar-refractivity contribution in [1.29, 1.82) is 0 Å². The first-order valence-electron chi connectivity index (χ1n) is 8.21. The van der Waals surface area contributed by atoms with E-state index in [4.69, 9.17) is 4.74 Å². The Kier molecular flexibility index (Phi) is 4.43. The van der Waals surface area contributed by atoms with Crippen LogP contribution in [0.1, 0.15) is 17.4 Å². The Hall–Kier alpha value is -3.45. The Morgan fingerprint density at radius 2 is 2.07 bits per heavy atom. The number of benzene rings is 1. The number of rotatable bonds is 4. The highest BCUT2D eigenvalue weighted by Crippen LogP contribution is 2.37. The van der Waals surface area contributed by atoms with Crippen molar-refractivity contribution in [2.24, 2.45) is 0 Å². The van der Waals surface area contributed by atoms with Crippen molar-refractivity contribution in [2.45, 2.75) is 6.92 Å². The van der Waals surface area contributed by atoms with Crippen LogP contribution in [-0.2, 0) is 9.59 Å². The van der Waals surface area contributed by atoms with Crippen LogP contribution in [0, 0.1) is 0 Å². The lowest BCUT2D eigenvalue weighted by Gasteiger charge is -2.06. The molecule has 1 aromatic carbocycles. The van der Waals surface area contributed by atoms with Gasteiger partial charge in [0.25, 0.3) is 5.91 Å². The number of anilines is 2. The molecule has 1 aliphatic heterocycles. The van der Waals surface area contributed by atoms with E-state index in [1.807, 2.05) is 41.8 Å². The number of fused-ring (bicyclic) bond motifs is 1. The monoisotopic (exact) mass is 377 g/mol. The van der Waals surface area contributed by atoms with Gasteiger partial charge >= 0.3 is 0 Å². The van der Waals surface area contributed by atoms with E-state index >= 15 is 0 Å². The van der Waals surface area contributed by atoms with Crippen LogP contribution in [0.3, 0.4) is 0 Å². The molecule has 1 aliphatic rings. The zero-order valence-corrected chi connectivity index (χ0v) is 15.2. The fourth-order valence-electron chi connectivity index (χ4n) is 2.73. The van der Waals surface area contributed by atoms with Crippen LogP contribution in [0.4, 0.5) is 11.5 Å². The number of ether oxygens (including phenoxy) is 1. The zero-order valence-electron chi connectivity index (χ0n) is 14.4. The molecule has 0 fully saturated rings. The fourth-order valence-corrected chi connectivity index (χ4v) is 3.48. The smallest absolute Gasteiger partial charge is 0.257 e. The quantitative estimate of drug-likeness (QED) is 0.661. The average molecular weight is 377 g/mol. The maximum Gasteiger partial charge on any atom is 0.257 e. The van der Waals surface area contributed by atoms with Crippen molar-refractivity contribution >= 4 is 46.3 Å². The van der Waals surface area contributed by atoms with Crippen LogP contribution in [0.2, 0.25) is 0 Å². The molecule has 27 heavy (non-hydrogen) atoms. The largest absolute Gasteiger partial charge is 0.456 e. The van der Waals surface area contributed by atoms with Crippen LogP contribution in [-0.4, -0.2) is 16.8 Å². The number of aromatic nitrogens is 1. The highest BCUT2D eigenvalue weighted by molar-refractivity contribution is 7.11. The van der Waals surface area contributed by atoms with Crippen molar-refractivity contribution in [3.8, 4) is 11.5 Å².